The molecule has 2 heterocycles. The molecule has 0 aliphatic heterocycles. The summed E-state index contributed by atoms with van der Waals surface area (Å²) in [6, 6.07) is 3.31. The molecule has 0 saturated carbocycles. The molecule has 6 heteroatoms. The number of rotatable bonds is 4. The Bertz CT molecular complexity index is 534. The van der Waals surface area contributed by atoms with E-state index in [4.69, 9.17) is 11.5 Å². The quantitative estimate of drug-likeness (QED) is 0.765. The summed E-state index contributed by atoms with van der Waals surface area (Å²) < 4.78 is 1.73. The molecule has 0 fully saturated rings. The number of aromatic nitrogens is 3. The molecular weight excluding hydrogens is 218 g/mol. The monoisotopic (exact) mass is 231 g/mol. The Morgan fingerprint density at radius 3 is 2.88 bits per heavy atom. The molecule has 0 atom stereocenters. The molecule has 17 heavy (non-hydrogen) atoms. The highest BCUT2D eigenvalue weighted by Gasteiger charge is 2.13. The van der Waals surface area contributed by atoms with Gasteiger partial charge in [0.15, 0.2) is 5.82 Å². The van der Waals surface area contributed by atoms with Crippen LogP contribution in [0.15, 0.2) is 30.7 Å². The molecule has 2 rings (SSSR count). The van der Waals surface area contributed by atoms with Crippen molar-refractivity contribution < 1.29 is 4.79 Å². The number of primary amides is 1. The van der Waals surface area contributed by atoms with E-state index in [1.54, 1.807) is 35.3 Å². The average molecular weight is 231 g/mol. The smallest absolute Gasteiger partial charge is 0.252 e. The third-order valence-electron chi connectivity index (χ3n) is 2.37. The van der Waals surface area contributed by atoms with Gasteiger partial charge in [-0.2, -0.15) is 0 Å². The maximum Gasteiger partial charge on any atom is 0.252 e. The third-order valence-corrected chi connectivity index (χ3v) is 2.37. The number of imidazole rings is 1. The van der Waals surface area contributed by atoms with Gasteiger partial charge in [0.25, 0.3) is 5.91 Å². The maximum absolute atomic E-state index is 11.3. The Hall–Kier alpha value is -2.21. The van der Waals surface area contributed by atoms with Crippen LogP contribution in [0.2, 0.25) is 0 Å². The summed E-state index contributed by atoms with van der Waals surface area (Å²) in [4.78, 5) is 19.7. The highest BCUT2D eigenvalue weighted by Crippen LogP contribution is 2.13. The fraction of sp³-hybridized carbons (Fsp3) is 0.182. The van der Waals surface area contributed by atoms with Crippen LogP contribution in [0.5, 0.6) is 0 Å². The minimum atomic E-state index is -0.513. The Morgan fingerprint density at radius 2 is 2.18 bits per heavy atom. The molecule has 88 valence electrons. The standard InChI is InChI=1S/C11H13N5O/c12-4-3-9-14-6-7-16(9)11-8(10(13)17)2-1-5-15-11/h1-2,5-7H,3-4,12H2,(H2,13,17). The Labute approximate surface area is 98.3 Å². The maximum atomic E-state index is 11.3. The zero-order chi connectivity index (χ0) is 12.3. The predicted molar refractivity (Wildman–Crippen MR) is 62.6 cm³/mol. The van der Waals surface area contributed by atoms with Crippen LogP contribution in [0.1, 0.15) is 16.2 Å². The average Bonchev–Trinajstić information content (AvgIpc) is 2.77. The van der Waals surface area contributed by atoms with Gasteiger partial charge in [0.05, 0.1) is 5.56 Å². The highest BCUT2D eigenvalue weighted by atomic mass is 16.1. The normalized spacial score (nSPS) is 10.4. The Kier molecular flexibility index (Phi) is 3.15. The number of amides is 1. The molecule has 0 spiro atoms. The van der Waals surface area contributed by atoms with E-state index in [1.807, 2.05) is 0 Å². The van der Waals surface area contributed by atoms with Gasteiger partial charge in [-0.05, 0) is 18.7 Å². The van der Waals surface area contributed by atoms with Crippen molar-refractivity contribution in [3.05, 3.63) is 42.1 Å². The summed E-state index contributed by atoms with van der Waals surface area (Å²) >= 11 is 0. The molecule has 0 aliphatic carbocycles. The molecule has 0 saturated heterocycles. The SMILES string of the molecule is NCCc1nccn1-c1ncccc1C(N)=O. The molecule has 4 N–H and O–H groups in total. The number of nitrogens with two attached hydrogens (primary N) is 2. The summed E-state index contributed by atoms with van der Waals surface area (Å²) in [7, 11) is 0. The number of nitrogens with zero attached hydrogens (tertiary/aromatic N) is 3. The van der Waals surface area contributed by atoms with Crippen LogP contribution in [0, 0.1) is 0 Å². The van der Waals surface area contributed by atoms with Gasteiger partial charge in [-0.1, -0.05) is 0 Å². The van der Waals surface area contributed by atoms with Crippen LogP contribution < -0.4 is 11.5 Å². The highest BCUT2D eigenvalue weighted by molar-refractivity contribution is 5.95. The number of pyridine rings is 1. The zero-order valence-electron chi connectivity index (χ0n) is 9.21. The molecule has 2 aromatic heterocycles. The van der Waals surface area contributed by atoms with Crippen molar-refractivity contribution in [3.8, 4) is 5.82 Å². The van der Waals surface area contributed by atoms with E-state index in [9.17, 15) is 4.79 Å². The van der Waals surface area contributed by atoms with Crippen LogP contribution in [-0.2, 0) is 6.42 Å². The van der Waals surface area contributed by atoms with E-state index in [2.05, 4.69) is 9.97 Å². The van der Waals surface area contributed by atoms with E-state index < -0.39 is 5.91 Å². The fourth-order valence-electron chi connectivity index (χ4n) is 1.62. The van der Waals surface area contributed by atoms with Crippen LogP contribution in [-0.4, -0.2) is 27.0 Å². The van der Waals surface area contributed by atoms with E-state index >= 15 is 0 Å². The molecule has 0 bridgehead atoms. The summed E-state index contributed by atoms with van der Waals surface area (Å²) in [5.41, 5.74) is 11.2. The van der Waals surface area contributed by atoms with E-state index in [-0.39, 0.29) is 0 Å². The second-order valence-electron chi connectivity index (χ2n) is 3.49. The van der Waals surface area contributed by atoms with Crippen molar-refractivity contribution in [3.63, 3.8) is 0 Å². The Morgan fingerprint density at radius 1 is 1.35 bits per heavy atom. The van der Waals surface area contributed by atoms with Crippen molar-refractivity contribution >= 4 is 5.91 Å². The van der Waals surface area contributed by atoms with E-state index in [0.717, 1.165) is 5.82 Å². The molecule has 6 nitrogen and oxygen atoms in total. The first-order valence-corrected chi connectivity index (χ1v) is 5.21. The van der Waals surface area contributed by atoms with Gasteiger partial charge in [-0.15, -0.1) is 0 Å². The second-order valence-corrected chi connectivity index (χ2v) is 3.49. The topological polar surface area (TPSA) is 99.8 Å². The lowest BCUT2D eigenvalue weighted by atomic mass is 10.2. The Balaban J connectivity index is 2.52. The third kappa shape index (κ3) is 2.16. The molecular formula is C11H13N5O. The first kappa shape index (κ1) is 11.3. The van der Waals surface area contributed by atoms with Gasteiger partial charge < -0.3 is 11.5 Å². The predicted octanol–water partition coefficient (Wildman–Crippen LogP) is -0.133. The largest absolute Gasteiger partial charge is 0.365 e. The number of carbonyl (C=O) groups excluding carboxylic acids is 1. The van der Waals surface area contributed by atoms with Crippen LogP contribution >= 0.6 is 0 Å². The first-order chi connectivity index (χ1) is 8.24. The summed E-state index contributed by atoms with van der Waals surface area (Å²) in [5.74, 6) is 0.732. The van der Waals surface area contributed by atoms with Gasteiger partial charge in [-0.25, -0.2) is 9.97 Å². The molecule has 0 unspecified atom stereocenters. The van der Waals surface area contributed by atoms with Gasteiger partial charge in [-0.3, -0.25) is 9.36 Å². The van der Waals surface area contributed by atoms with Gasteiger partial charge in [0.2, 0.25) is 0 Å². The van der Waals surface area contributed by atoms with E-state index in [1.165, 1.54) is 0 Å². The second kappa shape index (κ2) is 4.75. The number of carbonyl (C=O) groups is 1. The summed E-state index contributed by atoms with van der Waals surface area (Å²) in [6.07, 6.45) is 5.60. The lowest BCUT2D eigenvalue weighted by molar-refractivity contribution is 0.1000. The zero-order valence-corrected chi connectivity index (χ0v) is 9.21. The van der Waals surface area contributed by atoms with Crippen molar-refractivity contribution in [2.24, 2.45) is 11.5 Å². The van der Waals surface area contributed by atoms with Crippen LogP contribution in [0.4, 0.5) is 0 Å². The first-order valence-electron chi connectivity index (χ1n) is 5.21. The van der Waals surface area contributed by atoms with Gasteiger partial charge in [0, 0.05) is 25.0 Å². The molecule has 1 amide bonds. The molecule has 0 aliphatic rings. The van der Waals surface area contributed by atoms with Crippen molar-refractivity contribution in [2.45, 2.75) is 6.42 Å². The van der Waals surface area contributed by atoms with Crippen molar-refractivity contribution in [1.82, 2.24) is 14.5 Å². The molecule has 2 aromatic rings. The minimum Gasteiger partial charge on any atom is -0.365 e. The van der Waals surface area contributed by atoms with Gasteiger partial charge >= 0.3 is 0 Å². The minimum absolute atomic E-state index is 0.365. The number of hydrogen-bond acceptors (Lipinski definition) is 4. The molecule has 0 radical (unpaired) electrons. The van der Waals surface area contributed by atoms with Crippen LogP contribution in [0.3, 0.4) is 0 Å². The van der Waals surface area contributed by atoms with Gasteiger partial charge in [0.1, 0.15) is 5.82 Å². The lowest BCUT2D eigenvalue weighted by Crippen LogP contribution is -2.17. The fourth-order valence-corrected chi connectivity index (χ4v) is 1.62. The van der Waals surface area contributed by atoms with Crippen molar-refractivity contribution in [1.29, 1.82) is 0 Å². The van der Waals surface area contributed by atoms with E-state index in [0.29, 0.717) is 24.3 Å². The van der Waals surface area contributed by atoms with Crippen LogP contribution in [0.25, 0.3) is 5.82 Å². The lowest BCUT2D eigenvalue weighted by Gasteiger charge is -2.09. The summed E-state index contributed by atoms with van der Waals surface area (Å²) in [6.45, 7) is 0.482. The number of hydrogen-bond donors (Lipinski definition) is 2. The van der Waals surface area contributed by atoms with Crippen molar-refractivity contribution in [2.75, 3.05) is 6.54 Å². The molecule has 0 aromatic carbocycles. The summed E-state index contributed by atoms with van der Waals surface area (Å²) in [5, 5.41) is 0.